The summed E-state index contributed by atoms with van der Waals surface area (Å²) in [5.74, 6) is -0.695. The van der Waals surface area contributed by atoms with Crippen molar-refractivity contribution >= 4 is 11.6 Å². The second-order valence-corrected chi connectivity index (χ2v) is 4.73. The summed E-state index contributed by atoms with van der Waals surface area (Å²) in [6.07, 6.45) is 1.87. The van der Waals surface area contributed by atoms with Gasteiger partial charge in [-0.1, -0.05) is 32.4 Å². The van der Waals surface area contributed by atoms with Crippen molar-refractivity contribution in [1.29, 1.82) is 5.26 Å². The topological polar surface area (TPSA) is 52.9 Å². The summed E-state index contributed by atoms with van der Waals surface area (Å²) in [5.41, 5.74) is 1.84. The van der Waals surface area contributed by atoms with Gasteiger partial charge in [0.25, 0.3) is 0 Å². The van der Waals surface area contributed by atoms with Crippen LogP contribution in [0.15, 0.2) is 24.3 Å². The number of hydrogen-bond donors (Lipinski definition) is 1. The highest BCUT2D eigenvalue weighted by molar-refractivity contribution is 5.94. The Hall–Kier alpha value is -1.82. The van der Waals surface area contributed by atoms with Gasteiger partial charge in [-0.25, -0.2) is 0 Å². The molecular formula is C15H20N2O. The van der Waals surface area contributed by atoms with Crippen LogP contribution in [-0.4, -0.2) is 5.91 Å². The van der Waals surface area contributed by atoms with Gasteiger partial charge in [0, 0.05) is 5.69 Å². The first-order chi connectivity index (χ1) is 8.58. The van der Waals surface area contributed by atoms with E-state index < -0.39 is 5.92 Å². The van der Waals surface area contributed by atoms with Gasteiger partial charge in [-0.15, -0.1) is 0 Å². The molecule has 0 fully saturated rings. The van der Waals surface area contributed by atoms with Gasteiger partial charge in [0.15, 0.2) is 0 Å². The maximum absolute atomic E-state index is 12.0. The van der Waals surface area contributed by atoms with Crippen LogP contribution in [0.25, 0.3) is 0 Å². The van der Waals surface area contributed by atoms with Crippen LogP contribution >= 0.6 is 0 Å². The summed E-state index contributed by atoms with van der Waals surface area (Å²) in [7, 11) is 0. The fraction of sp³-hybridized carbons (Fsp3) is 0.467. The molecule has 0 radical (unpaired) electrons. The van der Waals surface area contributed by atoms with Crippen molar-refractivity contribution in [3.8, 4) is 6.07 Å². The molecule has 96 valence electrons. The molecule has 0 aromatic heterocycles. The van der Waals surface area contributed by atoms with Gasteiger partial charge >= 0.3 is 0 Å². The summed E-state index contributed by atoms with van der Waals surface area (Å²) >= 11 is 0. The van der Waals surface area contributed by atoms with E-state index in [4.69, 9.17) is 5.26 Å². The molecule has 1 aromatic rings. The van der Waals surface area contributed by atoms with Gasteiger partial charge in [0.1, 0.15) is 5.92 Å². The Morgan fingerprint density at radius 3 is 2.78 bits per heavy atom. The first-order valence-electron chi connectivity index (χ1n) is 6.35. The van der Waals surface area contributed by atoms with Crippen LogP contribution in [0.2, 0.25) is 0 Å². The van der Waals surface area contributed by atoms with Crippen LogP contribution in [0.5, 0.6) is 0 Å². The van der Waals surface area contributed by atoms with Crippen LogP contribution in [0.1, 0.15) is 32.3 Å². The van der Waals surface area contributed by atoms with Gasteiger partial charge in [0.05, 0.1) is 6.07 Å². The van der Waals surface area contributed by atoms with Gasteiger partial charge in [-0.2, -0.15) is 5.26 Å². The quantitative estimate of drug-likeness (QED) is 0.861. The van der Waals surface area contributed by atoms with Crippen molar-refractivity contribution in [2.45, 2.75) is 33.6 Å². The molecule has 2 atom stereocenters. The molecule has 1 rings (SSSR count). The number of anilines is 1. The molecule has 3 heteroatoms. The summed E-state index contributed by atoms with van der Waals surface area (Å²) in [5, 5.41) is 11.9. The Bertz CT molecular complexity index is 448. The molecule has 0 saturated heterocycles. The lowest BCUT2D eigenvalue weighted by atomic mass is 9.90. The molecule has 1 aromatic carbocycles. The summed E-state index contributed by atoms with van der Waals surface area (Å²) in [4.78, 5) is 12.0. The maximum Gasteiger partial charge on any atom is 0.242 e. The highest BCUT2D eigenvalue weighted by Crippen LogP contribution is 2.19. The van der Waals surface area contributed by atoms with Crippen molar-refractivity contribution < 1.29 is 4.79 Å². The third kappa shape index (κ3) is 3.89. The zero-order chi connectivity index (χ0) is 13.5. The third-order valence-electron chi connectivity index (χ3n) is 3.02. The number of carbonyl (C=O) groups excluding carboxylic acids is 1. The average Bonchev–Trinajstić information content (AvgIpc) is 2.30. The van der Waals surface area contributed by atoms with E-state index in [0.29, 0.717) is 0 Å². The van der Waals surface area contributed by atoms with Crippen LogP contribution < -0.4 is 5.32 Å². The van der Waals surface area contributed by atoms with Crippen molar-refractivity contribution in [3.05, 3.63) is 29.8 Å². The van der Waals surface area contributed by atoms with Gasteiger partial charge in [-0.05, 0) is 37.0 Å². The summed E-state index contributed by atoms with van der Waals surface area (Å²) < 4.78 is 0. The fourth-order valence-electron chi connectivity index (χ4n) is 2.01. The van der Waals surface area contributed by atoms with Crippen LogP contribution in [-0.2, 0) is 4.79 Å². The van der Waals surface area contributed by atoms with Gasteiger partial charge in [-0.3, -0.25) is 4.79 Å². The van der Waals surface area contributed by atoms with E-state index in [0.717, 1.165) is 24.1 Å². The van der Waals surface area contributed by atoms with Gasteiger partial charge in [0.2, 0.25) is 5.91 Å². The molecule has 0 saturated carbocycles. The van der Waals surface area contributed by atoms with Crippen molar-refractivity contribution in [3.63, 3.8) is 0 Å². The largest absolute Gasteiger partial charge is 0.325 e. The standard InChI is InChI=1S/C15H20N2O/c1-4-6-12(3)14(10-16)15(18)17-13-8-5-7-11(2)9-13/h5,7-9,12,14H,4,6H2,1-3H3,(H,17,18). The molecule has 1 amide bonds. The second-order valence-electron chi connectivity index (χ2n) is 4.73. The SMILES string of the molecule is CCCC(C)C(C#N)C(=O)Nc1cccc(C)c1. The van der Waals surface area contributed by atoms with Crippen LogP contribution in [0.3, 0.4) is 0 Å². The molecule has 0 aliphatic rings. The molecule has 0 spiro atoms. The Morgan fingerprint density at radius 2 is 2.22 bits per heavy atom. The lowest BCUT2D eigenvalue weighted by Crippen LogP contribution is -2.26. The third-order valence-corrected chi connectivity index (χ3v) is 3.02. The molecule has 18 heavy (non-hydrogen) atoms. The number of hydrogen-bond acceptors (Lipinski definition) is 2. The number of carbonyl (C=O) groups is 1. The number of nitriles is 1. The minimum absolute atomic E-state index is 0.0878. The van der Waals surface area contributed by atoms with Crippen molar-refractivity contribution in [1.82, 2.24) is 0 Å². The van der Waals surface area contributed by atoms with E-state index in [-0.39, 0.29) is 11.8 Å². The molecule has 0 aliphatic heterocycles. The van der Waals surface area contributed by atoms with Crippen LogP contribution in [0.4, 0.5) is 5.69 Å². The zero-order valence-corrected chi connectivity index (χ0v) is 11.2. The Labute approximate surface area is 109 Å². The Morgan fingerprint density at radius 1 is 1.50 bits per heavy atom. The van der Waals surface area contributed by atoms with E-state index in [1.165, 1.54) is 0 Å². The average molecular weight is 244 g/mol. The number of rotatable bonds is 5. The first-order valence-corrected chi connectivity index (χ1v) is 6.35. The first kappa shape index (κ1) is 14.2. The number of aryl methyl sites for hydroxylation is 1. The van der Waals surface area contributed by atoms with Gasteiger partial charge < -0.3 is 5.32 Å². The second kappa shape index (κ2) is 6.80. The highest BCUT2D eigenvalue weighted by Gasteiger charge is 2.24. The molecule has 0 bridgehead atoms. The molecule has 1 N–H and O–H groups in total. The predicted molar refractivity (Wildman–Crippen MR) is 73.0 cm³/mol. The lowest BCUT2D eigenvalue weighted by Gasteiger charge is -2.16. The van der Waals surface area contributed by atoms with E-state index >= 15 is 0 Å². The molecule has 3 nitrogen and oxygen atoms in total. The van der Waals surface area contributed by atoms with Crippen molar-refractivity contribution in [2.75, 3.05) is 5.32 Å². The maximum atomic E-state index is 12.0. The highest BCUT2D eigenvalue weighted by atomic mass is 16.1. The summed E-state index contributed by atoms with van der Waals surface area (Å²) in [6, 6.07) is 9.71. The Balaban J connectivity index is 2.72. The van der Waals surface area contributed by atoms with E-state index in [1.807, 2.05) is 38.1 Å². The Kier molecular flexibility index (Phi) is 5.38. The monoisotopic (exact) mass is 244 g/mol. The molecule has 2 unspecified atom stereocenters. The number of nitrogens with zero attached hydrogens (tertiary/aromatic N) is 1. The minimum Gasteiger partial charge on any atom is -0.325 e. The number of nitrogens with one attached hydrogen (secondary N) is 1. The normalized spacial score (nSPS) is 13.4. The minimum atomic E-state index is -0.578. The number of amides is 1. The van der Waals surface area contributed by atoms with Crippen LogP contribution in [0, 0.1) is 30.1 Å². The predicted octanol–water partition coefficient (Wildman–Crippen LogP) is 3.51. The smallest absolute Gasteiger partial charge is 0.242 e. The van der Waals surface area contributed by atoms with Crippen molar-refractivity contribution in [2.24, 2.45) is 11.8 Å². The van der Waals surface area contributed by atoms with E-state index in [2.05, 4.69) is 18.3 Å². The van der Waals surface area contributed by atoms with E-state index in [1.54, 1.807) is 0 Å². The summed E-state index contributed by atoms with van der Waals surface area (Å²) in [6.45, 7) is 5.98. The lowest BCUT2D eigenvalue weighted by molar-refractivity contribution is -0.119. The fourth-order valence-corrected chi connectivity index (χ4v) is 2.01. The zero-order valence-electron chi connectivity index (χ0n) is 11.2. The molecular weight excluding hydrogens is 224 g/mol. The number of benzene rings is 1. The molecule has 0 heterocycles. The van der Waals surface area contributed by atoms with E-state index in [9.17, 15) is 4.79 Å². The molecule has 0 aliphatic carbocycles.